The fourth-order valence-electron chi connectivity index (χ4n) is 5.40. The lowest BCUT2D eigenvalue weighted by Gasteiger charge is -2.46. The number of carbonyl (C=O) groups excluding carboxylic acids is 2. The molecule has 0 aromatic carbocycles. The van der Waals surface area contributed by atoms with Gasteiger partial charge >= 0.3 is 12.1 Å². The molecule has 0 spiro atoms. The first-order valence-corrected chi connectivity index (χ1v) is 13.5. The Morgan fingerprint density at radius 1 is 1.15 bits per heavy atom. The first kappa shape index (κ1) is 30.3. The van der Waals surface area contributed by atoms with Gasteiger partial charge in [-0.25, -0.2) is 0 Å². The number of aromatic nitrogens is 3. The van der Waals surface area contributed by atoms with E-state index < -0.39 is 64.3 Å². The average Bonchev–Trinajstić information content (AvgIpc) is 3.28. The number of carboxylic acids is 1. The topological polar surface area (TPSA) is 123 Å². The molecule has 1 saturated heterocycles. The summed E-state index contributed by atoms with van der Waals surface area (Å²) in [6.07, 6.45) is -1.46. The Morgan fingerprint density at radius 3 is 2.23 bits per heavy atom. The lowest BCUT2D eigenvalue weighted by Crippen LogP contribution is -2.57. The molecule has 218 valence electrons. The van der Waals surface area contributed by atoms with Gasteiger partial charge in [-0.3, -0.25) is 24.0 Å². The van der Waals surface area contributed by atoms with Crippen LogP contribution in [0.25, 0.3) is 0 Å². The van der Waals surface area contributed by atoms with Gasteiger partial charge in [0.2, 0.25) is 0 Å². The Kier molecular flexibility index (Phi) is 8.28. The normalized spacial score (nSPS) is 25.1. The van der Waals surface area contributed by atoms with Crippen molar-refractivity contribution in [1.82, 2.24) is 20.1 Å². The molecule has 2 atom stereocenters. The molecule has 3 heterocycles. The molecule has 1 aliphatic carbocycles. The zero-order chi connectivity index (χ0) is 29.6. The van der Waals surface area contributed by atoms with Crippen molar-refractivity contribution < 1.29 is 37.4 Å². The zero-order valence-corrected chi connectivity index (χ0v) is 23.5. The molecule has 40 heavy (non-hydrogen) atoms. The third-order valence-electron chi connectivity index (χ3n) is 7.70. The number of ketones is 1. The van der Waals surface area contributed by atoms with Crippen LogP contribution in [0.1, 0.15) is 91.7 Å². The third-order valence-corrected chi connectivity index (χ3v) is 8.27. The van der Waals surface area contributed by atoms with Gasteiger partial charge in [-0.05, 0) is 46.5 Å². The highest BCUT2D eigenvalue weighted by molar-refractivity contribution is 6.39. The van der Waals surface area contributed by atoms with Crippen LogP contribution in [0.5, 0.6) is 0 Å². The highest BCUT2D eigenvalue weighted by atomic mass is 35.5. The number of nitrogens with zero attached hydrogens (tertiary/aromatic N) is 3. The number of carbonyl (C=O) groups is 3. The molecule has 1 unspecified atom stereocenters. The van der Waals surface area contributed by atoms with Gasteiger partial charge < -0.3 is 15.2 Å². The van der Waals surface area contributed by atoms with E-state index in [-0.39, 0.29) is 47.7 Å². The second-order valence-electron chi connectivity index (χ2n) is 11.3. The summed E-state index contributed by atoms with van der Waals surface area (Å²) in [6, 6.07) is -1.71. The first-order chi connectivity index (χ1) is 18.5. The second-order valence-corrected chi connectivity index (χ2v) is 12.1. The Morgan fingerprint density at radius 2 is 1.73 bits per heavy atom. The van der Waals surface area contributed by atoms with Gasteiger partial charge in [-0.1, -0.05) is 23.2 Å². The minimum Gasteiger partial charge on any atom is -0.481 e. The molecule has 1 aliphatic heterocycles. The summed E-state index contributed by atoms with van der Waals surface area (Å²) in [6.45, 7) is 5.19. The van der Waals surface area contributed by atoms with E-state index in [4.69, 9.17) is 27.9 Å². The molecular formula is C26H29Cl2F3N4O5. The number of amides is 1. The van der Waals surface area contributed by atoms with Crippen LogP contribution < -0.4 is 5.32 Å². The number of ether oxygens (including phenoxy) is 1. The molecule has 9 nitrogen and oxygen atoms in total. The predicted octanol–water partition coefficient (Wildman–Crippen LogP) is 5.75. The Balaban J connectivity index is 1.59. The molecule has 2 fully saturated rings. The first-order valence-electron chi connectivity index (χ1n) is 12.7. The van der Waals surface area contributed by atoms with Crippen molar-refractivity contribution in [2.45, 2.75) is 89.3 Å². The van der Waals surface area contributed by atoms with E-state index in [1.54, 1.807) is 6.92 Å². The van der Waals surface area contributed by atoms with E-state index in [2.05, 4.69) is 15.4 Å². The number of hydrogen-bond acceptors (Lipinski definition) is 6. The smallest absolute Gasteiger partial charge is 0.433 e. The van der Waals surface area contributed by atoms with Gasteiger partial charge in [0, 0.05) is 25.2 Å². The molecule has 1 saturated carbocycles. The van der Waals surface area contributed by atoms with Crippen molar-refractivity contribution in [3.8, 4) is 0 Å². The van der Waals surface area contributed by atoms with Gasteiger partial charge in [-0.15, -0.1) is 0 Å². The Hall–Kier alpha value is -2.70. The lowest BCUT2D eigenvalue weighted by molar-refractivity contribution is -0.194. The number of alkyl halides is 3. The number of hydrogen-bond donors (Lipinski definition) is 2. The number of nitrogens with one attached hydrogen (secondary N) is 1. The van der Waals surface area contributed by atoms with E-state index in [0.717, 1.165) is 10.9 Å². The molecule has 4 rings (SSSR count). The molecule has 2 aromatic rings. The molecule has 2 aliphatic rings. The highest BCUT2D eigenvalue weighted by Gasteiger charge is 2.46. The Labute approximate surface area is 238 Å². The summed E-state index contributed by atoms with van der Waals surface area (Å²) in [5.74, 6) is -2.60. The second kappa shape index (κ2) is 10.9. The van der Waals surface area contributed by atoms with Crippen LogP contribution in [0, 0.1) is 5.41 Å². The maximum Gasteiger partial charge on any atom is 0.433 e. The van der Waals surface area contributed by atoms with Gasteiger partial charge in [0.1, 0.15) is 0 Å². The number of rotatable bonds is 8. The van der Waals surface area contributed by atoms with Crippen LogP contribution in [-0.4, -0.2) is 55.3 Å². The largest absolute Gasteiger partial charge is 0.481 e. The summed E-state index contributed by atoms with van der Waals surface area (Å²) in [5, 5.41) is 15.9. The van der Waals surface area contributed by atoms with Crippen molar-refractivity contribution in [2.24, 2.45) is 5.41 Å². The molecule has 14 heteroatoms. The van der Waals surface area contributed by atoms with Crippen molar-refractivity contribution in [1.29, 1.82) is 0 Å². The molecule has 0 radical (unpaired) electrons. The zero-order valence-electron chi connectivity index (χ0n) is 22.0. The fourth-order valence-corrected chi connectivity index (χ4v) is 5.97. The number of aliphatic carboxylic acids is 1. The monoisotopic (exact) mass is 604 g/mol. The molecular weight excluding hydrogens is 576 g/mol. The molecule has 0 bridgehead atoms. The summed E-state index contributed by atoms with van der Waals surface area (Å²) in [5.41, 5.74) is -3.50. The summed E-state index contributed by atoms with van der Waals surface area (Å²) >= 11 is 12.2. The molecule has 2 N–H and O–H groups in total. The maximum absolute atomic E-state index is 14.3. The number of Topliss-reactive ketones (excluding diaryl/α,β-unsaturated/α-hetero) is 1. The van der Waals surface area contributed by atoms with E-state index in [9.17, 15) is 32.7 Å². The van der Waals surface area contributed by atoms with Crippen molar-refractivity contribution in [3.05, 3.63) is 45.5 Å². The minimum atomic E-state index is -4.92. The van der Waals surface area contributed by atoms with Gasteiger partial charge in [-0.2, -0.15) is 18.3 Å². The maximum atomic E-state index is 14.3. The quantitative estimate of drug-likeness (QED) is 0.368. The standard InChI is InChI=1S/C26H29Cl2F3N4O5/c1-24(2)9-19(40-24)17(8-18(36)20-15(27)11-32-12-16(20)28)34-22(37)14-10-33-35(21(14)26(29,30)31)13-4-6-25(3,7-5-13)23(38)39/h10-13,17,19H,4-9H2,1-3H3,(H,34,37)(H,38,39)/t13?,17?,19-,25?/m1/s1. The van der Waals surface area contributed by atoms with E-state index in [1.807, 2.05) is 13.8 Å². The SMILES string of the molecule is CC1(C)C[C@H](C(CC(=O)c2c(Cl)cncc2Cl)NC(=O)c2cnn(C3CCC(C)(C(=O)O)CC3)c2C(F)(F)F)O1. The number of pyridine rings is 1. The van der Waals surface area contributed by atoms with Crippen LogP contribution in [0.3, 0.4) is 0 Å². The minimum absolute atomic E-state index is 0.00421. The van der Waals surface area contributed by atoms with Crippen LogP contribution in [-0.2, 0) is 15.7 Å². The Bertz CT molecular complexity index is 1290. The van der Waals surface area contributed by atoms with E-state index >= 15 is 0 Å². The molecule has 2 aromatic heterocycles. The number of halogens is 5. The third kappa shape index (κ3) is 6.13. The lowest BCUT2D eigenvalue weighted by atomic mass is 9.74. The highest BCUT2D eigenvalue weighted by Crippen LogP contribution is 2.43. The summed E-state index contributed by atoms with van der Waals surface area (Å²) in [4.78, 5) is 41.8. The van der Waals surface area contributed by atoms with Crippen LogP contribution in [0.2, 0.25) is 10.0 Å². The van der Waals surface area contributed by atoms with Crippen molar-refractivity contribution >= 4 is 40.9 Å². The van der Waals surface area contributed by atoms with E-state index in [0.29, 0.717) is 6.42 Å². The van der Waals surface area contributed by atoms with Gasteiger partial charge in [0.15, 0.2) is 11.5 Å². The van der Waals surface area contributed by atoms with Gasteiger partial charge in [0.05, 0.1) is 56.6 Å². The van der Waals surface area contributed by atoms with Crippen molar-refractivity contribution in [2.75, 3.05) is 0 Å². The van der Waals surface area contributed by atoms with Gasteiger partial charge in [0.25, 0.3) is 5.91 Å². The number of carboxylic acid groups (broad SMARTS) is 1. The average molecular weight is 605 g/mol. The fraction of sp³-hybridized carbons (Fsp3) is 0.577. The van der Waals surface area contributed by atoms with Crippen LogP contribution in [0.4, 0.5) is 13.2 Å². The van der Waals surface area contributed by atoms with Crippen molar-refractivity contribution in [3.63, 3.8) is 0 Å². The van der Waals surface area contributed by atoms with Crippen LogP contribution >= 0.6 is 23.2 Å². The van der Waals surface area contributed by atoms with Crippen LogP contribution in [0.15, 0.2) is 18.6 Å². The molecule has 1 amide bonds. The summed E-state index contributed by atoms with van der Waals surface area (Å²) in [7, 11) is 0. The van der Waals surface area contributed by atoms with E-state index in [1.165, 1.54) is 12.4 Å². The summed E-state index contributed by atoms with van der Waals surface area (Å²) < 4.78 is 49.4. The predicted molar refractivity (Wildman–Crippen MR) is 139 cm³/mol.